The number of nitrogens with zero attached hydrogens (tertiary/aromatic N) is 2. The topological polar surface area (TPSA) is 29.9 Å². The summed E-state index contributed by atoms with van der Waals surface area (Å²) in [5, 5.41) is 8.51. The van der Waals surface area contributed by atoms with Crippen molar-refractivity contribution in [3.63, 3.8) is 0 Å². The average Bonchev–Trinajstić information content (AvgIpc) is 2.85. The number of aryl methyl sites for hydroxylation is 1. The summed E-state index contributed by atoms with van der Waals surface area (Å²) in [6.07, 6.45) is 3.78. The first kappa shape index (κ1) is 16.1. The second-order valence-electron chi connectivity index (χ2n) is 5.45. The van der Waals surface area contributed by atoms with Crippen molar-refractivity contribution in [3.8, 4) is 0 Å². The molecule has 1 atom stereocenters. The van der Waals surface area contributed by atoms with E-state index in [0.29, 0.717) is 0 Å². The Morgan fingerprint density at radius 3 is 2.29 bits per heavy atom. The molecule has 1 heterocycles. The molecular formula is C17H24ClN3. The molecule has 0 fully saturated rings. The van der Waals surface area contributed by atoms with Crippen LogP contribution in [0, 0.1) is 0 Å². The summed E-state index contributed by atoms with van der Waals surface area (Å²) in [7, 11) is 3.95. The monoisotopic (exact) mass is 305 g/mol. The second-order valence-corrected chi connectivity index (χ2v) is 5.86. The summed E-state index contributed by atoms with van der Waals surface area (Å²) in [6, 6.07) is 10.8. The molecule has 0 aliphatic carbocycles. The van der Waals surface area contributed by atoms with Crippen LogP contribution in [0.3, 0.4) is 0 Å². The molecule has 1 unspecified atom stereocenters. The third kappa shape index (κ3) is 2.72. The van der Waals surface area contributed by atoms with Crippen molar-refractivity contribution in [1.29, 1.82) is 0 Å². The van der Waals surface area contributed by atoms with Gasteiger partial charge in [-0.1, -0.05) is 55.8 Å². The molecule has 2 aromatic rings. The largest absolute Gasteiger partial charge is 0.311 e. The number of nitrogens with one attached hydrogen (secondary N) is 1. The number of aromatic nitrogens is 2. The summed E-state index contributed by atoms with van der Waals surface area (Å²) in [5.74, 6) is 0. The minimum absolute atomic E-state index is 0.00650. The molecule has 2 rings (SSSR count). The van der Waals surface area contributed by atoms with Crippen LogP contribution in [0.1, 0.15) is 44.0 Å². The normalized spacial score (nSPS) is 13.4. The Hall–Kier alpha value is -1.32. The Balaban J connectivity index is 2.60. The fourth-order valence-electron chi connectivity index (χ4n) is 3.42. The highest BCUT2D eigenvalue weighted by Crippen LogP contribution is 2.44. The minimum Gasteiger partial charge on any atom is -0.311 e. The first-order valence-electron chi connectivity index (χ1n) is 7.50. The van der Waals surface area contributed by atoms with E-state index in [1.165, 1.54) is 5.56 Å². The first-order valence-corrected chi connectivity index (χ1v) is 7.88. The second kappa shape index (κ2) is 6.63. The molecule has 0 spiro atoms. The molecule has 0 aliphatic rings. The lowest BCUT2D eigenvalue weighted by atomic mass is 9.69. The predicted molar refractivity (Wildman–Crippen MR) is 88.7 cm³/mol. The van der Waals surface area contributed by atoms with Crippen LogP contribution in [-0.2, 0) is 12.5 Å². The molecule has 0 saturated heterocycles. The highest BCUT2D eigenvalue weighted by atomic mass is 35.5. The van der Waals surface area contributed by atoms with Gasteiger partial charge in [0.15, 0.2) is 0 Å². The van der Waals surface area contributed by atoms with E-state index in [2.05, 4.69) is 54.6 Å². The fraction of sp³-hybridized carbons (Fsp3) is 0.471. The van der Waals surface area contributed by atoms with Gasteiger partial charge in [-0.15, -0.1) is 0 Å². The molecular weight excluding hydrogens is 282 g/mol. The standard InChI is InChI=1S/C17H24ClN3/c1-5-17(6-2,13-10-8-7-9-11-13)16(19-3)15-14(18)12-20-21(15)4/h7-12,16,19H,5-6H2,1-4H3. The van der Waals surface area contributed by atoms with Crippen LogP contribution < -0.4 is 5.32 Å². The molecule has 1 aromatic carbocycles. The van der Waals surface area contributed by atoms with Crippen LogP contribution in [-0.4, -0.2) is 16.8 Å². The van der Waals surface area contributed by atoms with E-state index in [-0.39, 0.29) is 11.5 Å². The lowest BCUT2D eigenvalue weighted by Crippen LogP contribution is -2.41. The van der Waals surface area contributed by atoms with Crippen molar-refractivity contribution in [2.45, 2.75) is 38.1 Å². The van der Waals surface area contributed by atoms with Crippen molar-refractivity contribution in [1.82, 2.24) is 15.1 Å². The smallest absolute Gasteiger partial charge is 0.0834 e. The Morgan fingerprint density at radius 2 is 1.86 bits per heavy atom. The molecule has 4 heteroatoms. The summed E-state index contributed by atoms with van der Waals surface area (Å²) in [4.78, 5) is 0. The van der Waals surface area contributed by atoms with Gasteiger partial charge in [-0.2, -0.15) is 5.10 Å². The van der Waals surface area contributed by atoms with E-state index in [0.717, 1.165) is 23.6 Å². The Kier molecular flexibility index (Phi) is 5.07. The van der Waals surface area contributed by atoms with Gasteiger partial charge in [-0.05, 0) is 25.5 Å². The Labute approximate surface area is 132 Å². The maximum absolute atomic E-state index is 6.40. The summed E-state index contributed by atoms with van der Waals surface area (Å²) >= 11 is 6.40. The number of rotatable bonds is 6. The third-order valence-corrected chi connectivity index (χ3v) is 4.95. The molecule has 1 aromatic heterocycles. The van der Waals surface area contributed by atoms with E-state index < -0.39 is 0 Å². The van der Waals surface area contributed by atoms with Crippen molar-refractivity contribution in [2.24, 2.45) is 7.05 Å². The lowest BCUT2D eigenvalue weighted by molar-refractivity contribution is 0.276. The van der Waals surface area contributed by atoms with Crippen LogP contribution in [0.5, 0.6) is 0 Å². The van der Waals surface area contributed by atoms with Gasteiger partial charge >= 0.3 is 0 Å². The minimum atomic E-state index is -0.00650. The van der Waals surface area contributed by atoms with Gasteiger partial charge in [-0.3, -0.25) is 4.68 Å². The van der Waals surface area contributed by atoms with Gasteiger partial charge in [0, 0.05) is 12.5 Å². The molecule has 0 saturated carbocycles. The van der Waals surface area contributed by atoms with Crippen LogP contribution in [0.2, 0.25) is 5.02 Å². The molecule has 21 heavy (non-hydrogen) atoms. The van der Waals surface area contributed by atoms with E-state index in [1.807, 2.05) is 18.8 Å². The summed E-state index contributed by atoms with van der Waals surface area (Å²) in [6.45, 7) is 4.48. The third-order valence-electron chi connectivity index (χ3n) is 4.66. The van der Waals surface area contributed by atoms with Gasteiger partial charge < -0.3 is 5.32 Å². The number of hydrogen-bond acceptors (Lipinski definition) is 2. The zero-order valence-corrected chi connectivity index (χ0v) is 14.0. The maximum atomic E-state index is 6.40. The lowest BCUT2D eigenvalue weighted by Gasteiger charge is -2.40. The van der Waals surface area contributed by atoms with Gasteiger partial charge in [0.2, 0.25) is 0 Å². The Bertz CT molecular complexity index is 553. The van der Waals surface area contributed by atoms with Crippen LogP contribution >= 0.6 is 11.6 Å². The molecule has 114 valence electrons. The SMILES string of the molecule is CCC(CC)(c1ccccc1)C(NC)c1c(Cl)cnn1C. The highest BCUT2D eigenvalue weighted by Gasteiger charge is 2.39. The van der Waals surface area contributed by atoms with Crippen LogP contribution in [0.15, 0.2) is 36.5 Å². The quantitative estimate of drug-likeness (QED) is 0.871. The molecule has 1 N–H and O–H groups in total. The predicted octanol–water partition coefficient (Wildman–Crippen LogP) is 4.09. The zero-order valence-electron chi connectivity index (χ0n) is 13.2. The summed E-state index contributed by atoms with van der Waals surface area (Å²) in [5.41, 5.74) is 2.38. The van der Waals surface area contributed by atoms with Gasteiger partial charge in [0.25, 0.3) is 0 Å². The zero-order chi connectivity index (χ0) is 15.5. The van der Waals surface area contributed by atoms with Crippen molar-refractivity contribution < 1.29 is 0 Å². The van der Waals surface area contributed by atoms with Gasteiger partial charge in [-0.25, -0.2) is 0 Å². The number of hydrogen-bond donors (Lipinski definition) is 1. The van der Waals surface area contributed by atoms with E-state index in [1.54, 1.807) is 6.20 Å². The van der Waals surface area contributed by atoms with E-state index in [4.69, 9.17) is 11.6 Å². The summed E-state index contributed by atoms with van der Waals surface area (Å²) < 4.78 is 1.88. The fourth-order valence-corrected chi connectivity index (χ4v) is 3.70. The van der Waals surface area contributed by atoms with E-state index in [9.17, 15) is 0 Å². The van der Waals surface area contributed by atoms with Crippen molar-refractivity contribution in [3.05, 3.63) is 52.8 Å². The molecule has 0 aliphatic heterocycles. The number of halogens is 1. The highest BCUT2D eigenvalue weighted by molar-refractivity contribution is 6.31. The van der Waals surface area contributed by atoms with Gasteiger partial charge in [0.05, 0.1) is 23.0 Å². The number of likely N-dealkylation sites (N-methyl/N-ethyl adjacent to an activating group) is 1. The molecule has 0 radical (unpaired) electrons. The Morgan fingerprint density at radius 1 is 1.24 bits per heavy atom. The van der Waals surface area contributed by atoms with Crippen LogP contribution in [0.25, 0.3) is 0 Å². The van der Waals surface area contributed by atoms with Crippen molar-refractivity contribution in [2.75, 3.05) is 7.05 Å². The average molecular weight is 306 g/mol. The van der Waals surface area contributed by atoms with E-state index >= 15 is 0 Å². The molecule has 0 bridgehead atoms. The van der Waals surface area contributed by atoms with Gasteiger partial charge in [0.1, 0.15) is 0 Å². The first-order chi connectivity index (χ1) is 10.1. The maximum Gasteiger partial charge on any atom is 0.0834 e. The van der Waals surface area contributed by atoms with Crippen molar-refractivity contribution >= 4 is 11.6 Å². The number of benzene rings is 1. The van der Waals surface area contributed by atoms with Crippen LogP contribution in [0.4, 0.5) is 0 Å². The molecule has 3 nitrogen and oxygen atoms in total. The molecule has 0 amide bonds.